The van der Waals surface area contributed by atoms with Crippen LogP contribution >= 0.6 is 0 Å². The van der Waals surface area contributed by atoms with E-state index in [-0.39, 0.29) is 11.8 Å². The summed E-state index contributed by atoms with van der Waals surface area (Å²) >= 11 is 0. The molecule has 0 saturated carbocycles. The molecule has 0 unspecified atom stereocenters. The summed E-state index contributed by atoms with van der Waals surface area (Å²) in [6, 6.07) is 3.20. The molecule has 0 aliphatic rings. The van der Waals surface area contributed by atoms with Crippen molar-refractivity contribution in [3.8, 4) is 11.5 Å². The molecular formula is C11H15NO2. The van der Waals surface area contributed by atoms with Crippen LogP contribution in [0, 0.1) is 6.92 Å². The van der Waals surface area contributed by atoms with Gasteiger partial charge in [-0.2, -0.15) is 0 Å². The number of nitrogens with two attached hydrogens (primary N) is 1. The Bertz CT molecular complexity index is 347. The van der Waals surface area contributed by atoms with Crippen molar-refractivity contribution in [2.45, 2.75) is 13.0 Å². The molecule has 1 aromatic carbocycles. The van der Waals surface area contributed by atoms with Crippen molar-refractivity contribution in [2.24, 2.45) is 5.73 Å². The summed E-state index contributed by atoms with van der Waals surface area (Å²) in [6.45, 7) is 5.48. The van der Waals surface area contributed by atoms with Gasteiger partial charge in [0.2, 0.25) is 0 Å². The van der Waals surface area contributed by atoms with Crippen molar-refractivity contribution in [1.82, 2.24) is 0 Å². The number of phenols is 1. The van der Waals surface area contributed by atoms with Gasteiger partial charge in [-0.3, -0.25) is 0 Å². The van der Waals surface area contributed by atoms with Crippen LogP contribution in [0.15, 0.2) is 24.8 Å². The number of phenolic OH excluding ortho intramolecular Hbond substituents is 1. The molecule has 0 amide bonds. The first kappa shape index (κ1) is 10.6. The predicted octanol–water partition coefficient (Wildman–Crippen LogP) is 1.90. The molecule has 76 valence electrons. The van der Waals surface area contributed by atoms with Gasteiger partial charge in [-0.25, -0.2) is 0 Å². The Morgan fingerprint density at radius 1 is 1.57 bits per heavy atom. The summed E-state index contributed by atoms with van der Waals surface area (Å²) in [5, 5.41) is 9.82. The molecule has 14 heavy (non-hydrogen) atoms. The Hall–Kier alpha value is -1.48. The average Bonchev–Trinajstić information content (AvgIpc) is 2.18. The summed E-state index contributed by atoms with van der Waals surface area (Å²) < 4.78 is 5.00. The van der Waals surface area contributed by atoms with Gasteiger partial charge in [-0.1, -0.05) is 12.1 Å². The molecule has 3 nitrogen and oxygen atoms in total. The minimum absolute atomic E-state index is 0.0971. The fraction of sp³-hybridized carbons (Fsp3) is 0.273. The van der Waals surface area contributed by atoms with Gasteiger partial charge >= 0.3 is 0 Å². The molecule has 0 aliphatic carbocycles. The van der Waals surface area contributed by atoms with Gasteiger partial charge in [-0.15, -0.1) is 6.58 Å². The molecule has 3 N–H and O–H groups in total. The number of hydrogen-bond acceptors (Lipinski definition) is 3. The van der Waals surface area contributed by atoms with E-state index in [0.717, 1.165) is 5.56 Å². The van der Waals surface area contributed by atoms with Crippen LogP contribution in [0.4, 0.5) is 0 Å². The van der Waals surface area contributed by atoms with E-state index < -0.39 is 0 Å². The Kier molecular flexibility index (Phi) is 3.14. The molecule has 1 rings (SSSR count). The van der Waals surface area contributed by atoms with E-state index in [9.17, 15) is 5.11 Å². The zero-order chi connectivity index (χ0) is 10.7. The third kappa shape index (κ3) is 1.72. The van der Waals surface area contributed by atoms with Crippen LogP contribution in [0.2, 0.25) is 0 Å². The molecule has 1 aromatic rings. The van der Waals surface area contributed by atoms with Crippen LogP contribution in [-0.4, -0.2) is 12.2 Å². The summed E-state index contributed by atoms with van der Waals surface area (Å²) in [7, 11) is 1.51. The zero-order valence-electron chi connectivity index (χ0n) is 8.45. The number of rotatable bonds is 3. The molecule has 0 heterocycles. The van der Waals surface area contributed by atoms with Crippen molar-refractivity contribution < 1.29 is 9.84 Å². The average molecular weight is 193 g/mol. The van der Waals surface area contributed by atoms with Gasteiger partial charge in [0.05, 0.1) is 13.2 Å². The lowest BCUT2D eigenvalue weighted by Gasteiger charge is -2.14. The highest BCUT2D eigenvalue weighted by atomic mass is 16.5. The lowest BCUT2D eigenvalue weighted by Crippen LogP contribution is -2.09. The van der Waals surface area contributed by atoms with E-state index in [1.54, 1.807) is 12.1 Å². The SMILES string of the molecule is C=C[C@@H](N)c1c(C)ccc(OC)c1O. The van der Waals surface area contributed by atoms with Gasteiger partial charge in [0.25, 0.3) is 0 Å². The van der Waals surface area contributed by atoms with Crippen LogP contribution in [0.5, 0.6) is 11.5 Å². The van der Waals surface area contributed by atoms with Gasteiger partial charge < -0.3 is 15.6 Å². The number of hydrogen-bond donors (Lipinski definition) is 2. The third-order valence-electron chi connectivity index (χ3n) is 2.21. The summed E-state index contributed by atoms with van der Waals surface area (Å²) in [4.78, 5) is 0. The smallest absolute Gasteiger partial charge is 0.163 e. The highest BCUT2D eigenvalue weighted by Crippen LogP contribution is 2.35. The van der Waals surface area contributed by atoms with E-state index in [0.29, 0.717) is 11.3 Å². The van der Waals surface area contributed by atoms with E-state index >= 15 is 0 Å². The van der Waals surface area contributed by atoms with Gasteiger partial charge in [0.1, 0.15) is 0 Å². The lowest BCUT2D eigenvalue weighted by molar-refractivity contribution is 0.369. The van der Waals surface area contributed by atoms with Crippen LogP contribution in [-0.2, 0) is 0 Å². The summed E-state index contributed by atoms with van der Waals surface area (Å²) in [5.41, 5.74) is 7.38. The van der Waals surface area contributed by atoms with Crippen molar-refractivity contribution >= 4 is 0 Å². The highest BCUT2D eigenvalue weighted by Gasteiger charge is 2.14. The number of methoxy groups -OCH3 is 1. The predicted molar refractivity (Wildman–Crippen MR) is 56.5 cm³/mol. The van der Waals surface area contributed by atoms with E-state index in [1.165, 1.54) is 7.11 Å². The first-order valence-electron chi connectivity index (χ1n) is 4.36. The van der Waals surface area contributed by atoms with Crippen molar-refractivity contribution in [3.05, 3.63) is 35.9 Å². The molecule has 0 saturated heterocycles. The standard InChI is InChI=1S/C11H15NO2/c1-4-8(12)10-7(2)5-6-9(14-3)11(10)13/h4-6,8,13H,1,12H2,2-3H3/t8-/m1/s1. The van der Waals surface area contributed by atoms with Gasteiger partial charge in [0, 0.05) is 5.56 Å². The molecule has 0 bridgehead atoms. The van der Waals surface area contributed by atoms with Crippen LogP contribution < -0.4 is 10.5 Å². The fourth-order valence-corrected chi connectivity index (χ4v) is 1.39. The fourth-order valence-electron chi connectivity index (χ4n) is 1.39. The Morgan fingerprint density at radius 3 is 2.71 bits per heavy atom. The van der Waals surface area contributed by atoms with Crippen LogP contribution in [0.1, 0.15) is 17.2 Å². The number of benzene rings is 1. The largest absolute Gasteiger partial charge is 0.504 e. The second-order valence-electron chi connectivity index (χ2n) is 3.11. The maximum Gasteiger partial charge on any atom is 0.163 e. The summed E-state index contributed by atoms with van der Waals surface area (Å²) in [6.07, 6.45) is 1.58. The van der Waals surface area contributed by atoms with E-state index in [1.807, 2.05) is 13.0 Å². The molecule has 0 spiro atoms. The Balaban J connectivity index is 3.31. The van der Waals surface area contributed by atoms with Crippen molar-refractivity contribution in [2.75, 3.05) is 7.11 Å². The molecule has 0 radical (unpaired) electrons. The van der Waals surface area contributed by atoms with E-state index in [2.05, 4.69) is 6.58 Å². The second kappa shape index (κ2) is 4.15. The van der Waals surface area contributed by atoms with E-state index in [4.69, 9.17) is 10.5 Å². The molecular weight excluding hydrogens is 178 g/mol. The second-order valence-corrected chi connectivity index (χ2v) is 3.11. The van der Waals surface area contributed by atoms with Crippen LogP contribution in [0.3, 0.4) is 0 Å². The number of aromatic hydroxyl groups is 1. The minimum Gasteiger partial charge on any atom is -0.504 e. The molecule has 1 atom stereocenters. The van der Waals surface area contributed by atoms with Crippen LogP contribution in [0.25, 0.3) is 0 Å². The number of ether oxygens (including phenoxy) is 1. The molecule has 0 aromatic heterocycles. The first-order valence-corrected chi connectivity index (χ1v) is 4.36. The number of aryl methyl sites for hydroxylation is 1. The van der Waals surface area contributed by atoms with Crippen molar-refractivity contribution in [3.63, 3.8) is 0 Å². The normalized spacial score (nSPS) is 12.2. The summed E-state index contributed by atoms with van der Waals surface area (Å²) in [5.74, 6) is 0.530. The minimum atomic E-state index is -0.370. The Labute approximate surface area is 83.8 Å². The lowest BCUT2D eigenvalue weighted by atomic mass is 10.0. The van der Waals surface area contributed by atoms with Crippen molar-refractivity contribution in [1.29, 1.82) is 0 Å². The topological polar surface area (TPSA) is 55.5 Å². The van der Waals surface area contributed by atoms with Gasteiger partial charge in [-0.05, 0) is 18.6 Å². The molecule has 0 aliphatic heterocycles. The highest BCUT2D eigenvalue weighted by molar-refractivity contribution is 5.51. The maximum absolute atomic E-state index is 9.82. The quantitative estimate of drug-likeness (QED) is 0.721. The third-order valence-corrected chi connectivity index (χ3v) is 2.21. The maximum atomic E-state index is 9.82. The molecule has 3 heteroatoms. The zero-order valence-corrected chi connectivity index (χ0v) is 8.45. The van der Waals surface area contributed by atoms with Gasteiger partial charge in [0.15, 0.2) is 11.5 Å². The monoisotopic (exact) mass is 193 g/mol. The first-order chi connectivity index (χ1) is 6.61. The Morgan fingerprint density at radius 2 is 2.21 bits per heavy atom. The molecule has 0 fully saturated rings.